The Labute approximate surface area is 93.8 Å². The van der Waals surface area contributed by atoms with Gasteiger partial charge in [0.25, 0.3) is 6.43 Å². The minimum absolute atomic E-state index is 0.0290. The fourth-order valence-electron chi connectivity index (χ4n) is 1.74. The first kappa shape index (κ1) is 11.5. The molecule has 16 heavy (non-hydrogen) atoms. The average molecular weight is 229 g/mol. The maximum absolute atomic E-state index is 12.9. The Balaban J connectivity index is 2.15. The summed E-state index contributed by atoms with van der Waals surface area (Å²) in [7, 11) is 0. The molecular weight excluding hydrogens is 212 g/mol. The summed E-state index contributed by atoms with van der Waals surface area (Å²) in [4.78, 5) is 0. The highest BCUT2D eigenvalue weighted by Gasteiger charge is 2.24. The number of hydrogen-bond donors (Lipinski definition) is 1. The second-order valence-corrected chi connectivity index (χ2v) is 4.55. The van der Waals surface area contributed by atoms with Crippen LogP contribution < -0.4 is 5.32 Å². The van der Waals surface area contributed by atoms with Crippen LogP contribution in [-0.2, 0) is 6.54 Å². The van der Waals surface area contributed by atoms with Gasteiger partial charge in [0.05, 0.1) is 6.20 Å². The third-order valence-corrected chi connectivity index (χ3v) is 2.77. The van der Waals surface area contributed by atoms with Gasteiger partial charge in [0.1, 0.15) is 5.69 Å². The van der Waals surface area contributed by atoms with Crippen LogP contribution in [0.4, 0.5) is 8.78 Å². The van der Waals surface area contributed by atoms with E-state index in [2.05, 4.69) is 10.4 Å². The van der Waals surface area contributed by atoms with Gasteiger partial charge in [0.2, 0.25) is 0 Å². The third-order valence-electron chi connectivity index (χ3n) is 2.77. The van der Waals surface area contributed by atoms with Gasteiger partial charge in [-0.1, -0.05) is 0 Å². The molecule has 0 amide bonds. The van der Waals surface area contributed by atoms with Crippen LogP contribution in [0.2, 0.25) is 0 Å². The summed E-state index contributed by atoms with van der Waals surface area (Å²) in [6.07, 6.45) is 1.41. The molecule has 3 nitrogen and oxygen atoms in total. The van der Waals surface area contributed by atoms with Crippen LogP contribution in [0.3, 0.4) is 0 Å². The molecule has 1 fully saturated rings. The first-order valence-electron chi connectivity index (χ1n) is 5.67. The lowest BCUT2D eigenvalue weighted by Crippen LogP contribution is -2.17. The number of hydrogen-bond acceptors (Lipinski definition) is 2. The van der Waals surface area contributed by atoms with Gasteiger partial charge in [-0.3, -0.25) is 4.68 Å². The first-order valence-corrected chi connectivity index (χ1v) is 5.67. The third kappa shape index (κ3) is 2.40. The number of nitrogens with zero attached hydrogens (tertiary/aromatic N) is 2. The Bertz CT molecular complexity index is 356. The Kier molecular flexibility index (Phi) is 3.23. The van der Waals surface area contributed by atoms with E-state index in [0.29, 0.717) is 18.2 Å². The van der Waals surface area contributed by atoms with Gasteiger partial charge in [-0.15, -0.1) is 0 Å². The fraction of sp³-hybridized carbons (Fsp3) is 0.727. The fourth-order valence-corrected chi connectivity index (χ4v) is 1.74. The molecule has 1 aromatic heterocycles. The van der Waals surface area contributed by atoms with Gasteiger partial charge < -0.3 is 5.32 Å². The van der Waals surface area contributed by atoms with Crippen molar-refractivity contribution in [3.8, 4) is 0 Å². The molecule has 0 aliphatic heterocycles. The Morgan fingerprint density at radius 3 is 2.69 bits per heavy atom. The normalized spacial score (nSPS) is 16.4. The minimum Gasteiger partial charge on any atom is -0.310 e. The maximum Gasteiger partial charge on any atom is 0.280 e. The van der Waals surface area contributed by atoms with Gasteiger partial charge in [-0.25, -0.2) is 8.78 Å². The van der Waals surface area contributed by atoms with Crippen molar-refractivity contribution < 1.29 is 8.78 Å². The van der Waals surface area contributed by atoms with Crippen molar-refractivity contribution in [1.29, 1.82) is 0 Å². The topological polar surface area (TPSA) is 29.9 Å². The van der Waals surface area contributed by atoms with Crippen molar-refractivity contribution in [3.63, 3.8) is 0 Å². The van der Waals surface area contributed by atoms with Crippen molar-refractivity contribution >= 4 is 0 Å². The minimum atomic E-state index is -2.46. The number of rotatable bonds is 5. The lowest BCUT2D eigenvalue weighted by atomic mass is 10.2. The van der Waals surface area contributed by atoms with Crippen molar-refractivity contribution in [2.24, 2.45) is 0 Å². The molecule has 1 saturated carbocycles. The zero-order valence-electron chi connectivity index (χ0n) is 9.58. The van der Waals surface area contributed by atoms with E-state index in [-0.39, 0.29) is 11.7 Å². The molecule has 0 unspecified atom stereocenters. The number of aromatic nitrogens is 2. The summed E-state index contributed by atoms with van der Waals surface area (Å²) in [5.41, 5.74) is 0.679. The van der Waals surface area contributed by atoms with Crippen LogP contribution in [0.5, 0.6) is 0 Å². The monoisotopic (exact) mass is 229 g/mol. The molecule has 1 N–H and O–H groups in total. The smallest absolute Gasteiger partial charge is 0.280 e. The van der Waals surface area contributed by atoms with Gasteiger partial charge in [-0.05, 0) is 26.7 Å². The molecule has 0 spiro atoms. The standard InChI is InChI=1S/C11H17F2N3/c1-7(2)16-10(11(12)13)8(6-15-16)5-14-9-3-4-9/h6-7,9,11,14H,3-5H2,1-2H3. The van der Waals surface area contributed by atoms with Gasteiger partial charge in [0.15, 0.2) is 0 Å². The summed E-state index contributed by atoms with van der Waals surface area (Å²) in [5.74, 6) is 0. The summed E-state index contributed by atoms with van der Waals surface area (Å²) in [6, 6.07) is 0.492. The van der Waals surface area contributed by atoms with Gasteiger partial charge in [-0.2, -0.15) is 5.10 Å². The molecule has 1 aromatic rings. The van der Waals surface area contributed by atoms with Crippen LogP contribution in [0.1, 0.15) is 50.4 Å². The van der Waals surface area contributed by atoms with Crippen LogP contribution in [-0.4, -0.2) is 15.8 Å². The average Bonchev–Trinajstić information content (AvgIpc) is 2.92. The predicted octanol–water partition coefficient (Wildman–Crippen LogP) is 2.65. The molecule has 90 valence electrons. The van der Waals surface area contributed by atoms with Crippen LogP contribution in [0, 0.1) is 0 Å². The summed E-state index contributed by atoms with van der Waals surface area (Å²) in [5, 5.41) is 7.27. The quantitative estimate of drug-likeness (QED) is 0.841. The molecular formula is C11H17F2N3. The molecule has 1 aliphatic rings. The van der Waals surface area contributed by atoms with E-state index in [9.17, 15) is 8.78 Å². The molecule has 0 atom stereocenters. The lowest BCUT2D eigenvalue weighted by molar-refractivity contribution is 0.135. The summed E-state index contributed by atoms with van der Waals surface area (Å²) < 4.78 is 27.3. The van der Waals surface area contributed by atoms with Crippen LogP contribution in [0.15, 0.2) is 6.20 Å². The molecule has 1 aliphatic carbocycles. The second-order valence-electron chi connectivity index (χ2n) is 4.55. The molecule has 1 heterocycles. The molecule has 2 rings (SSSR count). The zero-order valence-corrected chi connectivity index (χ0v) is 9.58. The number of halogens is 2. The largest absolute Gasteiger partial charge is 0.310 e. The Morgan fingerprint density at radius 2 is 2.19 bits per heavy atom. The number of alkyl halides is 2. The van der Waals surface area contributed by atoms with E-state index in [0.717, 1.165) is 12.8 Å². The Morgan fingerprint density at radius 1 is 1.50 bits per heavy atom. The van der Waals surface area contributed by atoms with Crippen LogP contribution in [0.25, 0.3) is 0 Å². The van der Waals surface area contributed by atoms with E-state index in [1.807, 2.05) is 13.8 Å². The zero-order chi connectivity index (χ0) is 11.7. The summed E-state index contributed by atoms with van der Waals surface area (Å²) >= 11 is 0. The molecule has 0 bridgehead atoms. The van der Waals surface area contributed by atoms with Crippen molar-refractivity contribution in [2.75, 3.05) is 0 Å². The highest BCUT2D eigenvalue weighted by molar-refractivity contribution is 5.19. The first-order chi connectivity index (χ1) is 7.59. The van der Waals surface area contributed by atoms with Crippen molar-refractivity contribution in [3.05, 3.63) is 17.5 Å². The lowest BCUT2D eigenvalue weighted by Gasteiger charge is -2.12. The molecule has 0 aromatic carbocycles. The van der Waals surface area contributed by atoms with Gasteiger partial charge in [0, 0.05) is 24.2 Å². The molecule has 0 saturated heterocycles. The highest BCUT2D eigenvalue weighted by atomic mass is 19.3. The van der Waals surface area contributed by atoms with E-state index < -0.39 is 6.43 Å². The van der Waals surface area contributed by atoms with E-state index in [1.54, 1.807) is 6.20 Å². The highest BCUT2D eigenvalue weighted by Crippen LogP contribution is 2.26. The maximum atomic E-state index is 12.9. The predicted molar refractivity (Wildman–Crippen MR) is 57.4 cm³/mol. The number of nitrogens with one attached hydrogen (secondary N) is 1. The Hall–Kier alpha value is -0.970. The van der Waals surface area contributed by atoms with E-state index in [1.165, 1.54) is 4.68 Å². The van der Waals surface area contributed by atoms with Crippen LogP contribution >= 0.6 is 0 Å². The van der Waals surface area contributed by atoms with E-state index in [4.69, 9.17) is 0 Å². The molecule has 0 radical (unpaired) electrons. The second kappa shape index (κ2) is 4.49. The molecule has 5 heteroatoms. The SMILES string of the molecule is CC(C)n1ncc(CNC2CC2)c1C(F)F. The van der Waals surface area contributed by atoms with Crippen molar-refractivity contribution in [2.45, 2.75) is 51.7 Å². The van der Waals surface area contributed by atoms with Crippen molar-refractivity contribution in [1.82, 2.24) is 15.1 Å². The van der Waals surface area contributed by atoms with Gasteiger partial charge >= 0.3 is 0 Å². The summed E-state index contributed by atoms with van der Waals surface area (Å²) in [6.45, 7) is 4.21. The van der Waals surface area contributed by atoms with E-state index >= 15 is 0 Å².